The Labute approximate surface area is 148 Å². The van der Waals surface area contributed by atoms with Crippen LogP contribution in [0.1, 0.15) is 34.5 Å². The van der Waals surface area contributed by atoms with Crippen LogP contribution in [-0.4, -0.2) is 34.8 Å². The first-order chi connectivity index (χ1) is 11.6. The molecule has 1 fully saturated rings. The molecule has 0 radical (unpaired) electrons. The van der Waals surface area contributed by atoms with E-state index in [0.29, 0.717) is 12.6 Å². The van der Waals surface area contributed by atoms with Gasteiger partial charge in [-0.2, -0.15) is 0 Å². The number of likely N-dealkylation sites (tertiary alicyclic amines) is 1. The van der Waals surface area contributed by atoms with Gasteiger partial charge in [-0.1, -0.05) is 6.07 Å². The lowest BCUT2D eigenvalue weighted by molar-refractivity contribution is -0.129. The fraction of sp³-hybridized carbons (Fsp3) is 0.438. The van der Waals surface area contributed by atoms with Gasteiger partial charge in [0, 0.05) is 22.0 Å². The highest BCUT2D eigenvalue weighted by atomic mass is 32.1. The molecule has 1 saturated heterocycles. The zero-order chi connectivity index (χ0) is 16.9. The third-order valence-corrected chi connectivity index (χ3v) is 5.84. The number of hydrogen-bond donors (Lipinski definition) is 2. The smallest absolute Gasteiger partial charge is 0.252 e. The quantitative estimate of drug-likeness (QED) is 0.796. The lowest BCUT2D eigenvalue weighted by Crippen LogP contribution is -2.46. The Bertz CT molecular complexity index is 699. The highest BCUT2D eigenvalue weighted by Gasteiger charge is 2.28. The minimum absolute atomic E-state index is 0.181. The third kappa shape index (κ3) is 4.40. The number of nitrogens with zero attached hydrogens (tertiary/aromatic N) is 2. The summed E-state index contributed by atoms with van der Waals surface area (Å²) in [5.74, 6) is -0.448. The monoisotopic (exact) mass is 364 g/mol. The summed E-state index contributed by atoms with van der Waals surface area (Å²) >= 11 is 3.17. The highest BCUT2D eigenvalue weighted by molar-refractivity contribution is 7.10. The number of aryl methyl sites for hydroxylation is 1. The van der Waals surface area contributed by atoms with E-state index in [2.05, 4.69) is 32.2 Å². The predicted molar refractivity (Wildman–Crippen MR) is 94.7 cm³/mol. The van der Waals surface area contributed by atoms with Crippen molar-refractivity contribution in [2.45, 2.75) is 32.2 Å². The highest BCUT2D eigenvalue weighted by Crippen LogP contribution is 2.33. The van der Waals surface area contributed by atoms with Crippen molar-refractivity contribution in [1.29, 1.82) is 0 Å². The van der Waals surface area contributed by atoms with Gasteiger partial charge in [-0.3, -0.25) is 25.3 Å². The molecule has 0 spiro atoms. The first-order valence-corrected chi connectivity index (χ1v) is 9.64. The average Bonchev–Trinajstić information content (AvgIpc) is 3.27. The Hall–Kier alpha value is -1.77. The molecule has 1 aliphatic heterocycles. The van der Waals surface area contributed by atoms with Gasteiger partial charge >= 0.3 is 0 Å². The maximum absolute atomic E-state index is 12.1. The van der Waals surface area contributed by atoms with E-state index >= 15 is 0 Å². The Morgan fingerprint density at radius 2 is 2.17 bits per heavy atom. The van der Waals surface area contributed by atoms with Gasteiger partial charge in [0.2, 0.25) is 5.91 Å². The van der Waals surface area contributed by atoms with Crippen LogP contribution in [0.15, 0.2) is 22.9 Å². The number of aromatic nitrogens is 1. The molecule has 1 unspecified atom stereocenters. The Kier molecular flexibility index (Phi) is 5.60. The Balaban J connectivity index is 1.44. The molecule has 1 aliphatic rings. The molecule has 0 aliphatic carbocycles. The number of hydrogen-bond acceptors (Lipinski definition) is 6. The summed E-state index contributed by atoms with van der Waals surface area (Å²) in [6, 6.07) is 4.46. The number of thiazole rings is 1. The Morgan fingerprint density at radius 3 is 2.88 bits per heavy atom. The van der Waals surface area contributed by atoms with Crippen molar-refractivity contribution < 1.29 is 9.59 Å². The standard InChI is InChI=1S/C16H20N4O2S2/c1-11-10-24-16(17-11)8-14(21)18-19-15(22)9-20-6-2-4-12(20)13-5-3-7-23-13/h3,5,7,10,12H,2,4,6,8-9H2,1H3,(H,18,21)(H,19,22). The van der Waals surface area contributed by atoms with Crippen molar-refractivity contribution in [2.75, 3.05) is 13.1 Å². The van der Waals surface area contributed by atoms with Gasteiger partial charge < -0.3 is 0 Å². The van der Waals surface area contributed by atoms with Gasteiger partial charge in [0.05, 0.1) is 13.0 Å². The van der Waals surface area contributed by atoms with E-state index < -0.39 is 0 Å². The van der Waals surface area contributed by atoms with Gasteiger partial charge in [-0.05, 0) is 37.8 Å². The maximum Gasteiger partial charge on any atom is 0.252 e. The number of carbonyl (C=O) groups is 2. The second kappa shape index (κ2) is 7.87. The van der Waals surface area contributed by atoms with Crippen molar-refractivity contribution in [3.05, 3.63) is 38.5 Å². The van der Waals surface area contributed by atoms with Gasteiger partial charge in [-0.15, -0.1) is 22.7 Å². The van der Waals surface area contributed by atoms with Gasteiger partial charge in [-0.25, -0.2) is 4.98 Å². The lowest BCUT2D eigenvalue weighted by Gasteiger charge is -2.22. The van der Waals surface area contributed by atoms with E-state index in [-0.39, 0.29) is 18.2 Å². The number of rotatable bonds is 5. The molecule has 2 aromatic heterocycles. The number of amides is 2. The van der Waals surface area contributed by atoms with Crippen LogP contribution in [0, 0.1) is 6.92 Å². The van der Waals surface area contributed by atoms with E-state index in [1.54, 1.807) is 11.3 Å². The molecule has 3 heterocycles. The van der Waals surface area contributed by atoms with Crippen LogP contribution >= 0.6 is 22.7 Å². The summed E-state index contributed by atoms with van der Waals surface area (Å²) in [5, 5.41) is 4.71. The zero-order valence-electron chi connectivity index (χ0n) is 13.4. The molecular weight excluding hydrogens is 344 g/mol. The molecule has 3 rings (SSSR count). The second-order valence-electron chi connectivity index (χ2n) is 5.80. The molecule has 2 N–H and O–H groups in total. The number of thiophene rings is 1. The largest absolute Gasteiger partial charge is 0.287 e. The molecular formula is C16H20N4O2S2. The number of carbonyl (C=O) groups excluding carboxylic acids is 2. The summed E-state index contributed by atoms with van der Waals surface area (Å²) < 4.78 is 0. The van der Waals surface area contributed by atoms with Crippen LogP contribution in [-0.2, 0) is 16.0 Å². The predicted octanol–water partition coefficient (Wildman–Crippen LogP) is 2.04. The zero-order valence-corrected chi connectivity index (χ0v) is 15.1. The first-order valence-electron chi connectivity index (χ1n) is 7.88. The molecule has 2 amide bonds. The topological polar surface area (TPSA) is 74.3 Å². The van der Waals surface area contributed by atoms with Crippen LogP contribution in [0.3, 0.4) is 0 Å². The number of nitrogens with one attached hydrogen (secondary N) is 2. The van der Waals surface area contributed by atoms with E-state index in [9.17, 15) is 9.59 Å². The molecule has 0 bridgehead atoms. The van der Waals surface area contributed by atoms with Crippen molar-refractivity contribution in [3.8, 4) is 0 Å². The van der Waals surface area contributed by atoms with E-state index in [1.165, 1.54) is 16.2 Å². The Morgan fingerprint density at radius 1 is 1.33 bits per heavy atom. The van der Waals surface area contributed by atoms with Crippen molar-refractivity contribution in [3.63, 3.8) is 0 Å². The van der Waals surface area contributed by atoms with Crippen LogP contribution in [0.25, 0.3) is 0 Å². The van der Waals surface area contributed by atoms with Gasteiger partial charge in [0.1, 0.15) is 5.01 Å². The van der Waals surface area contributed by atoms with Gasteiger partial charge in [0.15, 0.2) is 0 Å². The maximum atomic E-state index is 12.1. The van der Waals surface area contributed by atoms with Crippen LogP contribution in [0.5, 0.6) is 0 Å². The minimum atomic E-state index is -0.256. The van der Waals surface area contributed by atoms with E-state index in [4.69, 9.17) is 0 Å². The molecule has 1 atom stereocenters. The molecule has 128 valence electrons. The minimum Gasteiger partial charge on any atom is -0.287 e. The summed E-state index contributed by atoms with van der Waals surface area (Å²) in [5.41, 5.74) is 5.87. The van der Waals surface area contributed by atoms with Crippen molar-refractivity contribution in [2.24, 2.45) is 0 Å². The molecule has 0 saturated carbocycles. The van der Waals surface area contributed by atoms with E-state index in [1.807, 2.05) is 18.4 Å². The second-order valence-corrected chi connectivity index (χ2v) is 7.72. The summed E-state index contributed by atoms with van der Waals surface area (Å²) in [4.78, 5) is 31.6. The van der Waals surface area contributed by atoms with Crippen LogP contribution < -0.4 is 10.9 Å². The fourth-order valence-electron chi connectivity index (χ4n) is 2.85. The first kappa shape index (κ1) is 17.1. The number of hydrazine groups is 1. The summed E-state index contributed by atoms with van der Waals surface area (Å²) in [7, 11) is 0. The molecule has 24 heavy (non-hydrogen) atoms. The van der Waals surface area contributed by atoms with Crippen LogP contribution in [0.4, 0.5) is 0 Å². The summed E-state index contributed by atoms with van der Waals surface area (Å²) in [6.45, 7) is 3.08. The fourth-order valence-corrected chi connectivity index (χ4v) is 4.51. The lowest BCUT2D eigenvalue weighted by atomic mass is 10.2. The molecule has 6 nitrogen and oxygen atoms in total. The molecule has 8 heteroatoms. The van der Waals surface area contributed by atoms with Gasteiger partial charge in [0.25, 0.3) is 5.91 Å². The van der Waals surface area contributed by atoms with Crippen molar-refractivity contribution >= 4 is 34.5 Å². The third-order valence-electron chi connectivity index (χ3n) is 3.90. The molecule has 2 aromatic rings. The summed E-state index contributed by atoms with van der Waals surface area (Å²) in [6.07, 6.45) is 2.34. The van der Waals surface area contributed by atoms with Crippen LogP contribution in [0.2, 0.25) is 0 Å². The van der Waals surface area contributed by atoms with Crippen molar-refractivity contribution in [1.82, 2.24) is 20.7 Å². The normalized spacial score (nSPS) is 17.8. The van der Waals surface area contributed by atoms with E-state index in [0.717, 1.165) is 30.1 Å². The SMILES string of the molecule is Cc1csc(CC(=O)NNC(=O)CN2CCCC2c2cccs2)n1. The molecule has 0 aromatic carbocycles. The average molecular weight is 364 g/mol.